The number of aryl methyl sites for hydroxylation is 1. The largest absolute Gasteiger partial charge is 0.338 e. The van der Waals surface area contributed by atoms with E-state index in [0.29, 0.717) is 35.4 Å². The molecular weight excluding hydrogens is 401 g/mol. The fourth-order valence-corrected chi connectivity index (χ4v) is 3.50. The highest BCUT2D eigenvalue weighted by Crippen LogP contribution is 2.24. The van der Waals surface area contributed by atoms with Crippen LogP contribution in [0.4, 0.5) is 10.2 Å². The average molecular weight is 420 g/mol. The first kappa shape index (κ1) is 18.5. The zero-order chi connectivity index (χ0) is 18.7. The minimum Gasteiger partial charge on any atom is -0.338 e. The molecule has 1 N–H and O–H groups in total. The lowest BCUT2D eigenvalue weighted by molar-refractivity contribution is -0.121. The summed E-state index contributed by atoms with van der Waals surface area (Å²) in [6.45, 7) is 2.84. The van der Waals surface area contributed by atoms with Crippen LogP contribution in [0.2, 0.25) is 0 Å². The first-order chi connectivity index (χ1) is 12.4. The fraction of sp³-hybridized carbons (Fsp3) is 0.316. The van der Waals surface area contributed by atoms with E-state index in [0.717, 1.165) is 12.0 Å². The zero-order valence-electron chi connectivity index (χ0n) is 14.3. The molecule has 0 bridgehead atoms. The minimum atomic E-state index is -0.407. The van der Waals surface area contributed by atoms with Gasteiger partial charge in [-0.3, -0.25) is 9.59 Å². The molecular formula is C19H19BrFN3O2. The van der Waals surface area contributed by atoms with Crippen molar-refractivity contribution >= 4 is 33.6 Å². The van der Waals surface area contributed by atoms with E-state index in [2.05, 4.69) is 26.2 Å². The lowest BCUT2D eigenvalue weighted by Gasteiger charge is -2.32. The minimum absolute atomic E-state index is 0.142. The monoisotopic (exact) mass is 419 g/mol. The average Bonchev–Trinajstić information content (AvgIpc) is 2.63. The van der Waals surface area contributed by atoms with E-state index in [1.165, 1.54) is 18.2 Å². The van der Waals surface area contributed by atoms with Gasteiger partial charge in [-0.05, 0) is 65.5 Å². The van der Waals surface area contributed by atoms with Gasteiger partial charge >= 0.3 is 0 Å². The van der Waals surface area contributed by atoms with Crippen LogP contribution in [0.1, 0.15) is 28.8 Å². The molecule has 0 aliphatic carbocycles. The number of rotatable bonds is 3. The number of carbonyl (C=O) groups excluding carboxylic acids is 2. The molecule has 26 heavy (non-hydrogen) atoms. The van der Waals surface area contributed by atoms with E-state index in [9.17, 15) is 14.0 Å². The van der Waals surface area contributed by atoms with Crippen molar-refractivity contribution in [3.05, 3.63) is 57.9 Å². The number of carbonyl (C=O) groups is 2. The number of halogens is 2. The number of nitrogens with zero attached hydrogens (tertiary/aromatic N) is 2. The molecule has 0 spiro atoms. The lowest BCUT2D eigenvalue weighted by Crippen LogP contribution is -2.44. The van der Waals surface area contributed by atoms with Gasteiger partial charge in [0.1, 0.15) is 11.6 Å². The number of likely N-dealkylation sites (tertiary alicyclic amines) is 1. The van der Waals surface area contributed by atoms with Crippen LogP contribution in [0.3, 0.4) is 0 Å². The molecule has 0 saturated carbocycles. The van der Waals surface area contributed by atoms with Gasteiger partial charge in [0.05, 0.1) is 11.5 Å². The molecule has 136 valence electrons. The van der Waals surface area contributed by atoms with Gasteiger partial charge in [0.25, 0.3) is 5.91 Å². The number of hydrogen-bond donors (Lipinski definition) is 1. The number of hydrogen-bond acceptors (Lipinski definition) is 3. The summed E-state index contributed by atoms with van der Waals surface area (Å²) in [6.07, 6.45) is 3.15. The maximum atomic E-state index is 13.2. The molecule has 1 aliphatic rings. The third-order valence-corrected chi connectivity index (χ3v) is 5.06. The van der Waals surface area contributed by atoms with Crippen molar-refractivity contribution in [3.8, 4) is 0 Å². The smallest absolute Gasteiger partial charge is 0.255 e. The third-order valence-electron chi connectivity index (χ3n) is 4.40. The van der Waals surface area contributed by atoms with Gasteiger partial charge in [-0.1, -0.05) is 6.07 Å². The van der Waals surface area contributed by atoms with Gasteiger partial charge in [-0.15, -0.1) is 0 Å². The number of nitrogens with one attached hydrogen (secondary N) is 1. The molecule has 2 heterocycles. The van der Waals surface area contributed by atoms with Crippen LogP contribution in [0.15, 0.2) is 41.0 Å². The molecule has 2 amide bonds. The molecule has 1 aliphatic heterocycles. The number of benzene rings is 1. The van der Waals surface area contributed by atoms with E-state index in [1.54, 1.807) is 17.2 Å². The Morgan fingerprint density at radius 1 is 1.31 bits per heavy atom. The molecule has 1 aromatic heterocycles. The van der Waals surface area contributed by atoms with E-state index < -0.39 is 5.82 Å². The van der Waals surface area contributed by atoms with E-state index in [1.807, 2.05) is 13.0 Å². The maximum absolute atomic E-state index is 13.2. The van der Waals surface area contributed by atoms with Crippen LogP contribution >= 0.6 is 15.9 Å². The summed E-state index contributed by atoms with van der Waals surface area (Å²) >= 11 is 3.23. The van der Waals surface area contributed by atoms with Gasteiger partial charge in [0.2, 0.25) is 5.91 Å². The van der Waals surface area contributed by atoms with Crippen molar-refractivity contribution in [2.45, 2.75) is 19.8 Å². The quantitative estimate of drug-likeness (QED) is 0.822. The standard InChI is InChI=1S/C19H19BrFN3O2/c1-12-4-7-17(22-10-12)23-18(25)13-3-2-8-24(11-13)19(26)15-6-5-14(21)9-16(15)20/h4-7,9-10,13H,2-3,8,11H2,1H3,(H,22,23,25). The summed E-state index contributed by atoms with van der Waals surface area (Å²) in [5, 5.41) is 2.81. The molecule has 1 aromatic carbocycles. The summed E-state index contributed by atoms with van der Waals surface area (Å²) in [5.74, 6) is -0.546. The maximum Gasteiger partial charge on any atom is 0.255 e. The van der Waals surface area contributed by atoms with Crippen LogP contribution < -0.4 is 5.32 Å². The van der Waals surface area contributed by atoms with Gasteiger partial charge in [-0.2, -0.15) is 0 Å². The van der Waals surface area contributed by atoms with Crippen molar-refractivity contribution in [1.29, 1.82) is 0 Å². The molecule has 5 nitrogen and oxygen atoms in total. The second kappa shape index (κ2) is 7.95. The molecule has 7 heteroatoms. The van der Waals surface area contributed by atoms with Crippen LogP contribution in [-0.4, -0.2) is 34.8 Å². The predicted molar refractivity (Wildman–Crippen MR) is 100 cm³/mol. The van der Waals surface area contributed by atoms with Crippen molar-refractivity contribution in [2.75, 3.05) is 18.4 Å². The lowest BCUT2D eigenvalue weighted by atomic mass is 9.96. The first-order valence-electron chi connectivity index (χ1n) is 8.42. The Bertz CT molecular complexity index is 826. The molecule has 1 unspecified atom stereocenters. The number of piperidine rings is 1. The van der Waals surface area contributed by atoms with Gasteiger partial charge < -0.3 is 10.2 Å². The zero-order valence-corrected chi connectivity index (χ0v) is 15.9. The predicted octanol–water partition coefficient (Wildman–Crippen LogP) is 3.78. The van der Waals surface area contributed by atoms with Crippen LogP contribution in [0, 0.1) is 18.7 Å². The second-order valence-electron chi connectivity index (χ2n) is 6.42. The normalized spacial score (nSPS) is 17.0. The summed E-state index contributed by atoms with van der Waals surface area (Å²) < 4.78 is 13.7. The molecule has 0 radical (unpaired) electrons. The van der Waals surface area contributed by atoms with Crippen LogP contribution in [0.5, 0.6) is 0 Å². The highest BCUT2D eigenvalue weighted by molar-refractivity contribution is 9.10. The molecule has 1 fully saturated rings. The third kappa shape index (κ3) is 4.27. The van der Waals surface area contributed by atoms with Crippen molar-refractivity contribution in [1.82, 2.24) is 9.88 Å². The molecule has 1 saturated heterocycles. The van der Waals surface area contributed by atoms with Crippen LogP contribution in [-0.2, 0) is 4.79 Å². The van der Waals surface area contributed by atoms with E-state index in [-0.39, 0.29) is 17.7 Å². The summed E-state index contributed by atoms with van der Waals surface area (Å²) in [5.41, 5.74) is 1.41. The topological polar surface area (TPSA) is 62.3 Å². The Hall–Kier alpha value is -2.28. The summed E-state index contributed by atoms with van der Waals surface area (Å²) in [7, 11) is 0. The van der Waals surface area contributed by atoms with Crippen molar-refractivity contribution in [3.63, 3.8) is 0 Å². The molecule has 3 rings (SSSR count). The van der Waals surface area contributed by atoms with Crippen molar-refractivity contribution < 1.29 is 14.0 Å². The highest BCUT2D eigenvalue weighted by atomic mass is 79.9. The number of aromatic nitrogens is 1. The Morgan fingerprint density at radius 2 is 2.12 bits per heavy atom. The Labute approximate surface area is 159 Å². The fourth-order valence-electron chi connectivity index (χ4n) is 2.98. The second-order valence-corrected chi connectivity index (χ2v) is 7.28. The van der Waals surface area contributed by atoms with Crippen LogP contribution in [0.25, 0.3) is 0 Å². The van der Waals surface area contributed by atoms with Crippen molar-refractivity contribution in [2.24, 2.45) is 5.92 Å². The van der Waals surface area contributed by atoms with Gasteiger partial charge in [0, 0.05) is 23.8 Å². The highest BCUT2D eigenvalue weighted by Gasteiger charge is 2.29. The van der Waals surface area contributed by atoms with Gasteiger partial charge in [-0.25, -0.2) is 9.37 Å². The molecule has 2 aromatic rings. The Kier molecular flexibility index (Phi) is 5.66. The first-order valence-corrected chi connectivity index (χ1v) is 9.21. The number of amides is 2. The number of anilines is 1. The summed E-state index contributed by atoms with van der Waals surface area (Å²) in [4.78, 5) is 31.1. The van der Waals surface area contributed by atoms with Gasteiger partial charge in [0.15, 0.2) is 0 Å². The van der Waals surface area contributed by atoms with E-state index in [4.69, 9.17) is 0 Å². The summed E-state index contributed by atoms with van der Waals surface area (Å²) in [6, 6.07) is 7.63. The Balaban J connectivity index is 1.67. The number of pyridine rings is 1. The Morgan fingerprint density at radius 3 is 2.81 bits per heavy atom. The van der Waals surface area contributed by atoms with E-state index >= 15 is 0 Å². The molecule has 1 atom stereocenters. The SMILES string of the molecule is Cc1ccc(NC(=O)C2CCCN(C(=O)c3ccc(F)cc3Br)C2)nc1.